The van der Waals surface area contributed by atoms with Gasteiger partial charge in [-0.3, -0.25) is 4.90 Å². The van der Waals surface area contributed by atoms with Crippen LogP contribution < -0.4 is 10.1 Å². The van der Waals surface area contributed by atoms with E-state index in [1.165, 1.54) is 6.42 Å². The lowest BCUT2D eigenvalue weighted by Gasteiger charge is -2.32. The minimum absolute atomic E-state index is 0. The van der Waals surface area contributed by atoms with Crippen LogP contribution in [-0.2, 0) is 4.74 Å². The van der Waals surface area contributed by atoms with Crippen LogP contribution >= 0.6 is 35.6 Å². The number of ether oxygens (including phenoxy) is 2. The quantitative estimate of drug-likeness (QED) is 0.354. The van der Waals surface area contributed by atoms with Crippen molar-refractivity contribution in [3.8, 4) is 5.75 Å². The van der Waals surface area contributed by atoms with E-state index in [1.54, 1.807) is 0 Å². The van der Waals surface area contributed by atoms with Crippen molar-refractivity contribution in [1.29, 1.82) is 0 Å². The van der Waals surface area contributed by atoms with E-state index in [1.807, 2.05) is 31.2 Å². The number of nitrogens with zero attached hydrogens (tertiary/aromatic N) is 3. The molecule has 2 fully saturated rings. The molecule has 0 radical (unpaired) electrons. The first-order chi connectivity index (χ1) is 13.2. The van der Waals surface area contributed by atoms with Gasteiger partial charge in [0.25, 0.3) is 0 Å². The molecule has 1 aromatic carbocycles. The van der Waals surface area contributed by atoms with Crippen molar-refractivity contribution in [2.45, 2.75) is 32.4 Å². The molecule has 2 aliphatic rings. The molecule has 0 bridgehead atoms. The van der Waals surface area contributed by atoms with Gasteiger partial charge in [-0.15, -0.1) is 24.0 Å². The Balaban J connectivity index is 0.00000280. The topological polar surface area (TPSA) is 49.3 Å². The van der Waals surface area contributed by atoms with E-state index in [0.29, 0.717) is 23.4 Å². The van der Waals surface area contributed by atoms with E-state index < -0.39 is 0 Å². The third kappa shape index (κ3) is 6.64. The summed E-state index contributed by atoms with van der Waals surface area (Å²) in [7, 11) is 0. The number of likely N-dealkylation sites (tertiary alicyclic amines) is 1. The van der Waals surface area contributed by atoms with Crippen molar-refractivity contribution >= 4 is 41.5 Å². The lowest BCUT2D eigenvalue weighted by atomic mass is 10.2. The van der Waals surface area contributed by atoms with Crippen LogP contribution in [0.2, 0.25) is 5.02 Å². The second-order valence-corrected chi connectivity index (χ2v) is 7.50. The lowest BCUT2D eigenvalue weighted by molar-refractivity contribution is 0.0195. The van der Waals surface area contributed by atoms with Gasteiger partial charge in [-0.1, -0.05) is 23.7 Å². The highest BCUT2D eigenvalue weighted by Crippen LogP contribution is 2.24. The number of rotatable bonds is 6. The largest absolute Gasteiger partial charge is 0.487 e. The van der Waals surface area contributed by atoms with Crippen molar-refractivity contribution in [3.63, 3.8) is 0 Å². The van der Waals surface area contributed by atoms with Crippen LogP contribution in [0.1, 0.15) is 20.3 Å². The van der Waals surface area contributed by atoms with Gasteiger partial charge in [0.1, 0.15) is 11.9 Å². The molecule has 1 aromatic rings. The fourth-order valence-electron chi connectivity index (χ4n) is 3.61. The third-order valence-electron chi connectivity index (χ3n) is 5.02. The minimum atomic E-state index is -0.0452. The number of morpholine rings is 1. The van der Waals surface area contributed by atoms with E-state index in [2.05, 4.69) is 22.0 Å². The average molecular weight is 523 g/mol. The predicted molar refractivity (Wildman–Crippen MR) is 125 cm³/mol. The Bertz CT molecular complexity index is 628. The van der Waals surface area contributed by atoms with Gasteiger partial charge in [-0.25, -0.2) is 4.99 Å². The highest BCUT2D eigenvalue weighted by molar-refractivity contribution is 14.0. The molecular weight excluding hydrogens is 491 g/mol. The average Bonchev–Trinajstić information content (AvgIpc) is 3.18. The Morgan fingerprint density at radius 3 is 2.79 bits per heavy atom. The number of aliphatic imine (C=N–C) groups is 1. The Hall–Kier alpha value is -0.770. The molecule has 0 saturated carbocycles. The highest BCUT2D eigenvalue weighted by Gasteiger charge is 2.30. The van der Waals surface area contributed by atoms with Gasteiger partial charge in [0.05, 0.1) is 24.8 Å². The lowest BCUT2D eigenvalue weighted by Crippen LogP contribution is -2.46. The maximum atomic E-state index is 6.18. The number of hydrogen-bond donors (Lipinski definition) is 1. The first-order valence-electron chi connectivity index (χ1n) is 9.93. The predicted octanol–water partition coefficient (Wildman–Crippen LogP) is 3.10. The monoisotopic (exact) mass is 522 g/mol. The zero-order valence-electron chi connectivity index (χ0n) is 16.8. The van der Waals surface area contributed by atoms with Crippen LogP contribution in [0.15, 0.2) is 29.3 Å². The Labute approximate surface area is 190 Å². The number of guanidine groups is 1. The van der Waals surface area contributed by atoms with E-state index >= 15 is 0 Å². The van der Waals surface area contributed by atoms with E-state index in [4.69, 9.17) is 26.1 Å². The molecule has 2 atom stereocenters. The van der Waals surface area contributed by atoms with Crippen LogP contribution in [-0.4, -0.2) is 80.4 Å². The summed E-state index contributed by atoms with van der Waals surface area (Å²) in [6.45, 7) is 11.4. The standard InChI is InChI=1S/C20H31ClN4O2.HI/c1-3-22-20(23-14-16(2)27-19-7-5-4-6-18(19)21)25-9-8-17(15-25)24-10-12-26-13-11-24;/h4-7,16-17H,3,8-15H2,1-2H3,(H,22,23);1H. The van der Waals surface area contributed by atoms with Gasteiger partial charge in [-0.05, 0) is 32.4 Å². The molecule has 0 aliphatic carbocycles. The van der Waals surface area contributed by atoms with Gasteiger partial charge in [0, 0.05) is 38.8 Å². The summed E-state index contributed by atoms with van der Waals surface area (Å²) < 4.78 is 11.4. The van der Waals surface area contributed by atoms with Crippen molar-refractivity contribution in [2.75, 3.05) is 52.5 Å². The van der Waals surface area contributed by atoms with Crippen molar-refractivity contribution in [2.24, 2.45) is 4.99 Å². The zero-order valence-corrected chi connectivity index (χ0v) is 19.9. The molecule has 2 unspecified atom stereocenters. The Morgan fingerprint density at radius 2 is 2.07 bits per heavy atom. The molecular formula is C20H32ClIN4O2. The molecule has 6 nitrogen and oxygen atoms in total. The first-order valence-corrected chi connectivity index (χ1v) is 10.3. The number of para-hydroxylation sites is 1. The molecule has 2 aliphatic heterocycles. The summed E-state index contributed by atoms with van der Waals surface area (Å²) in [6, 6.07) is 8.15. The van der Waals surface area contributed by atoms with Crippen LogP contribution in [0.25, 0.3) is 0 Å². The molecule has 158 valence electrons. The van der Waals surface area contributed by atoms with Crippen molar-refractivity contribution in [3.05, 3.63) is 29.3 Å². The van der Waals surface area contributed by atoms with E-state index in [-0.39, 0.29) is 30.1 Å². The molecule has 28 heavy (non-hydrogen) atoms. The van der Waals surface area contributed by atoms with Gasteiger partial charge in [0.2, 0.25) is 0 Å². The Kier molecular flexibility index (Phi) is 10.1. The number of halogens is 2. The molecule has 2 saturated heterocycles. The first kappa shape index (κ1) is 23.5. The van der Waals surface area contributed by atoms with Gasteiger partial charge in [-0.2, -0.15) is 0 Å². The van der Waals surface area contributed by atoms with Crippen LogP contribution in [0, 0.1) is 0 Å². The highest BCUT2D eigenvalue weighted by atomic mass is 127. The van der Waals surface area contributed by atoms with E-state index in [9.17, 15) is 0 Å². The van der Waals surface area contributed by atoms with Crippen LogP contribution in [0.5, 0.6) is 5.75 Å². The maximum absolute atomic E-state index is 6.18. The zero-order chi connectivity index (χ0) is 19.1. The van der Waals surface area contributed by atoms with Crippen LogP contribution in [0.3, 0.4) is 0 Å². The SMILES string of the molecule is CCNC(=NCC(C)Oc1ccccc1Cl)N1CCC(N2CCOCC2)C1.I. The molecule has 0 aromatic heterocycles. The molecule has 8 heteroatoms. The fraction of sp³-hybridized carbons (Fsp3) is 0.650. The fourth-order valence-corrected chi connectivity index (χ4v) is 3.79. The molecule has 0 amide bonds. The van der Waals surface area contributed by atoms with Gasteiger partial charge < -0.3 is 19.7 Å². The van der Waals surface area contributed by atoms with Crippen molar-refractivity contribution in [1.82, 2.24) is 15.1 Å². The number of hydrogen-bond acceptors (Lipinski definition) is 4. The maximum Gasteiger partial charge on any atom is 0.194 e. The molecule has 1 N–H and O–H groups in total. The number of nitrogens with one attached hydrogen (secondary N) is 1. The Morgan fingerprint density at radius 1 is 1.32 bits per heavy atom. The number of benzene rings is 1. The molecule has 2 heterocycles. The second-order valence-electron chi connectivity index (χ2n) is 7.09. The van der Waals surface area contributed by atoms with E-state index in [0.717, 1.165) is 51.9 Å². The van der Waals surface area contributed by atoms with Gasteiger partial charge in [0.15, 0.2) is 5.96 Å². The summed E-state index contributed by atoms with van der Waals surface area (Å²) >= 11 is 6.18. The molecule has 0 spiro atoms. The normalized spacial score (nSPS) is 21.9. The molecule has 3 rings (SSSR count). The smallest absolute Gasteiger partial charge is 0.194 e. The second kappa shape index (κ2) is 12.0. The summed E-state index contributed by atoms with van der Waals surface area (Å²) in [4.78, 5) is 9.74. The van der Waals surface area contributed by atoms with Crippen LogP contribution in [0.4, 0.5) is 0 Å². The summed E-state index contributed by atoms with van der Waals surface area (Å²) in [6.07, 6.45) is 1.13. The van der Waals surface area contributed by atoms with Gasteiger partial charge >= 0.3 is 0 Å². The summed E-state index contributed by atoms with van der Waals surface area (Å²) in [5.41, 5.74) is 0. The summed E-state index contributed by atoms with van der Waals surface area (Å²) in [5, 5.41) is 4.06. The third-order valence-corrected chi connectivity index (χ3v) is 5.34. The summed E-state index contributed by atoms with van der Waals surface area (Å²) in [5.74, 6) is 1.68. The minimum Gasteiger partial charge on any atom is -0.487 e. The van der Waals surface area contributed by atoms with Crippen molar-refractivity contribution < 1.29 is 9.47 Å².